The Morgan fingerprint density at radius 1 is 1.67 bits per heavy atom. The molecule has 0 radical (unpaired) electrons. The molecule has 1 aromatic rings. The van der Waals surface area contributed by atoms with Crippen LogP contribution in [0.25, 0.3) is 0 Å². The molecule has 0 unspecified atom stereocenters. The van der Waals surface area contributed by atoms with E-state index in [2.05, 4.69) is 4.98 Å². The van der Waals surface area contributed by atoms with Gasteiger partial charge in [0, 0.05) is 6.54 Å². The Morgan fingerprint density at radius 2 is 2.27 bits per heavy atom. The number of nitrogens with two attached hydrogens (primary N) is 1. The average molecular weight is 329 g/mol. The Balaban J connectivity index is 3.37. The highest BCUT2D eigenvalue weighted by molar-refractivity contribution is 14.1. The number of hydrogen-bond acceptors (Lipinski definition) is 4. The number of aromatic nitrogens is 1. The molecule has 5 nitrogen and oxygen atoms in total. The van der Waals surface area contributed by atoms with Gasteiger partial charge in [-0.2, -0.15) is 0 Å². The summed E-state index contributed by atoms with van der Waals surface area (Å²) < 4.78 is 24.8. The number of nitrogens with zero attached hydrogens (tertiary/aromatic N) is 2. The SMILES string of the molecule is NCc1nc(C(F)F)cc(I)c1[N+](=O)[O-]. The van der Waals surface area contributed by atoms with Crippen LogP contribution in [0, 0.1) is 13.7 Å². The molecule has 0 aliphatic heterocycles. The molecule has 1 aromatic heterocycles. The van der Waals surface area contributed by atoms with Gasteiger partial charge in [0.05, 0.1) is 8.49 Å². The van der Waals surface area contributed by atoms with Gasteiger partial charge in [0.1, 0.15) is 11.4 Å². The van der Waals surface area contributed by atoms with E-state index in [1.807, 2.05) is 0 Å². The predicted molar refractivity (Wildman–Crippen MR) is 56.5 cm³/mol. The molecule has 1 heterocycles. The zero-order valence-electron chi connectivity index (χ0n) is 7.28. The maximum Gasteiger partial charge on any atom is 0.305 e. The molecule has 0 saturated carbocycles. The lowest BCUT2D eigenvalue weighted by Crippen LogP contribution is -2.08. The van der Waals surface area contributed by atoms with Crippen LogP contribution in [-0.4, -0.2) is 9.91 Å². The Bertz CT molecular complexity index is 400. The van der Waals surface area contributed by atoms with E-state index in [0.29, 0.717) is 0 Å². The van der Waals surface area contributed by atoms with Crippen LogP contribution < -0.4 is 5.73 Å². The van der Waals surface area contributed by atoms with Gasteiger partial charge in [0.2, 0.25) is 0 Å². The van der Waals surface area contributed by atoms with Crippen LogP contribution in [0.3, 0.4) is 0 Å². The zero-order valence-corrected chi connectivity index (χ0v) is 9.44. The van der Waals surface area contributed by atoms with Gasteiger partial charge in [-0.15, -0.1) is 0 Å². The largest absolute Gasteiger partial charge is 0.325 e. The predicted octanol–water partition coefficient (Wildman–Crippen LogP) is 1.99. The molecular weight excluding hydrogens is 323 g/mol. The number of rotatable bonds is 3. The van der Waals surface area contributed by atoms with Crippen molar-refractivity contribution in [3.8, 4) is 0 Å². The van der Waals surface area contributed by atoms with E-state index in [9.17, 15) is 18.9 Å². The second-order valence-corrected chi connectivity index (χ2v) is 3.75. The van der Waals surface area contributed by atoms with Crippen molar-refractivity contribution >= 4 is 28.3 Å². The number of pyridine rings is 1. The van der Waals surface area contributed by atoms with Crippen LogP contribution in [0.2, 0.25) is 0 Å². The van der Waals surface area contributed by atoms with Gasteiger partial charge in [0.15, 0.2) is 0 Å². The molecule has 0 aromatic carbocycles. The maximum absolute atomic E-state index is 12.3. The van der Waals surface area contributed by atoms with Crippen molar-refractivity contribution in [3.63, 3.8) is 0 Å². The normalized spacial score (nSPS) is 10.7. The first-order chi connectivity index (χ1) is 6.97. The van der Waals surface area contributed by atoms with Gasteiger partial charge in [-0.25, -0.2) is 13.8 Å². The van der Waals surface area contributed by atoms with E-state index in [4.69, 9.17) is 5.73 Å². The molecule has 1 rings (SSSR count). The van der Waals surface area contributed by atoms with Crippen molar-refractivity contribution in [2.75, 3.05) is 0 Å². The van der Waals surface area contributed by atoms with Crippen molar-refractivity contribution in [3.05, 3.63) is 31.1 Å². The zero-order chi connectivity index (χ0) is 11.6. The fourth-order valence-electron chi connectivity index (χ4n) is 1.02. The molecule has 8 heteroatoms. The first-order valence-electron chi connectivity index (χ1n) is 3.79. The smallest absolute Gasteiger partial charge is 0.305 e. The van der Waals surface area contributed by atoms with E-state index >= 15 is 0 Å². The van der Waals surface area contributed by atoms with E-state index in [0.717, 1.165) is 6.07 Å². The Labute approximate surface area is 97.0 Å². The van der Waals surface area contributed by atoms with E-state index in [-0.39, 0.29) is 21.5 Å². The van der Waals surface area contributed by atoms with Crippen molar-refractivity contribution in [1.82, 2.24) is 4.98 Å². The standard InChI is InChI=1S/C7H6F2IN3O2/c8-7(9)4-1-3(10)6(13(14)15)5(2-11)12-4/h1,7H,2,11H2. The van der Waals surface area contributed by atoms with Crippen LogP contribution >= 0.6 is 22.6 Å². The summed E-state index contributed by atoms with van der Waals surface area (Å²) in [5.41, 5.74) is 4.29. The Morgan fingerprint density at radius 3 is 2.67 bits per heavy atom. The minimum absolute atomic E-state index is 0.114. The quantitative estimate of drug-likeness (QED) is 0.522. The van der Waals surface area contributed by atoms with Crippen LogP contribution in [-0.2, 0) is 6.54 Å². The van der Waals surface area contributed by atoms with Crippen LogP contribution in [0.4, 0.5) is 14.5 Å². The summed E-state index contributed by atoms with van der Waals surface area (Å²) in [6.07, 6.45) is -2.76. The number of nitro groups is 1. The highest BCUT2D eigenvalue weighted by Crippen LogP contribution is 2.28. The highest BCUT2D eigenvalue weighted by atomic mass is 127. The first-order valence-corrected chi connectivity index (χ1v) is 4.87. The second-order valence-electron chi connectivity index (χ2n) is 2.59. The third-order valence-electron chi connectivity index (χ3n) is 1.64. The highest BCUT2D eigenvalue weighted by Gasteiger charge is 2.22. The lowest BCUT2D eigenvalue weighted by Gasteiger charge is -2.05. The van der Waals surface area contributed by atoms with Gasteiger partial charge >= 0.3 is 5.69 Å². The van der Waals surface area contributed by atoms with E-state index in [1.54, 1.807) is 22.6 Å². The minimum atomic E-state index is -2.76. The topological polar surface area (TPSA) is 82.0 Å². The molecule has 0 bridgehead atoms. The third kappa shape index (κ3) is 2.56. The summed E-state index contributed by atoms with van der Waals surface area (Å²) in [6.45, 7) is -0.243. The maximum atomic E-state index is 12.3. The molecule has 0 aliphatic rings. The average Bonchev–Trinajstić information content (AvgIpc) is 2.15. The van der Waals surface area contributed by atoms with Gasteiger partial charge in [0.25, 0.3) is 6.43 Å². The summed E-state index contributed by atoms with van der Waals surface area (Å²) in [5.74, 6) is 0. The van der Waals surface area contributed by atoms with Crippen LogP contribution in [0.15, 0.2) is 6.07 Å². The third-order valence-corrected chi connectivity index (χ3v) is 2.46. The summed E-state index contributed by atoms with van der Waals surface area (Å²) in [6, 6.07) is 0.989. The number of halogens is 3. The van der Waals surface area contributed by atoms with Gasteiger partial charge in [-0.1, -0.05) is 0 Å². The molecular formula is C7H6F2IN3O2. The van der Waals surface area contributed by atoms with Crippen molar-refractivity contribution < 1.29 is 13.7 Å². The molecule has 0 saturated heterocycles. The fraction of sp³-hybridized carbons (Fsp3) is 0.286. The molecule has 0 fully saturated rings. The monoisotopic (exact) mass is 329 g/mol. The lowest BCUT2D eigenvalue weighted by molar-refractivity contribution is -0.386. The summed E-state index contributed by atoms with van der Waals surface area (Å²) in [4.78, 5) is 13.4. The second kappa shape index (κ2) is 4.75. The fourth-order valence-corrected chi connectivity index (χ4v) is 1.85. The number of hydrogen-bond donors (Lipinski definition) is 1. The molecule has 0 atom stereocenters. The van der Waals surface area contributed by atoms with Gasteiger partial charge in [-0.3, -0.25) is 10.1 Å². The molecule has 0 aliphatic carbocycles. The molecule has 0 spiro atoms. The van der Waals surface area contributed by atoms with Crippen molar-refractivity contribution in [2.45, 2.75) is 13.0 Å². The van der Waals surface area contributed by atoms with Crippen LogP contribution in [0.1, 0.15) is 17.8 Å². The van der Waals surface area contributed by atoms with E-state index < -0.39 is 17.0 Å². The summed E-state index contributed by atoms with van der Waals surface area (Å²) in [5, 5.41) is 10.6. The lowest BCUT2D eigenvalue weighted by atomic mass is 10.2. The summed E-state index contributed by atoms with van der Waals surface area (Å²) >= 11 is 1.61. The minimum Gasteiger partial charge on any atom is -0.325 e. The number of alkyl halides is 2. The van der Waals surface area contributed by atoms with Gasteiger partial charge in [-0.05, 0) is 28.7 Å². The summed E-state index contributed by atoms with van der Waals surface area (Å²) in [7, 11) is 0. The molecule has 82 valence electrons. The van der Waals surface area contributed by atoms with E-state index in [1.165, 1.54) is 0 Å². The first kappa shape index (κ1) is 12.2. The molecule has 15 heavy (non-hydrogen) atoms. The van der Waals surface area contributed by atoms with Gasteiger partial charge < -0.3 is 5.73 Å². The Kier molecular flexibility index (Phi) is 3.85. The van der Waals surface area contributed by atoms with Crippen LogP contribution in [0.5, 0.6) is 0 Å². The van der Waals surface area contributed by atoms with Crippen molar-refractivity contribution in [2.24, 2.45) is 5.73 Å². The van der Waals surface area contributed by atoms with Crippen molar-refractivity contribution in [1.29, 1.82) is 0 Å². The Hall–Kier alpha value is -0.900. The molecule has 2 N–H and O–H groups in total. The molecule has 0 amide bonds.